The minimum atomic E-state index is -0.422. The highest BCUT2D eigenvalue weighted by Gasteiger charge is 2.15. The second-order valence-corrected chi connectivity index (χ2v) is 9.85. The summed E-state index contributed by atoms with van der Waals surface area (Å²) in [7, 11) is 0. The topological polar surface area (TPSA) is 52.6 Å². The van der Waals surface area contributed by atoms with E-state index in [1.165, 1.54) is 63.5 Å². The van der Waals surface area contributed by atoms with Gasteiger partial charge in [-0.1, -0.05) is 105 Å². The molecule has 2 atom stereocenters. The third kappa shape index (κ3) is 21.2. The molecule has 0 fully saturated rings. The number of esters is 2. The average Bonchev–Trinajstić information content (AvgIpc) is 2.82. The van der Waals surface area contributed by atoms with E-state index in [1.54, 1.807) is 0 Å². The Morgan fingerprint density at radius 3 is 1.06 bits per heavy atom. The van der Waals surface area contributed by atoms with Gasteiger partial charge in [-0.25, -0.2) is 9.59 Å². The van der Waals surface area contributed by atoms with Crippen LogP contribution in [0.1, 0.15) is 156 Å². The van der Waals surface area contributed by atoms with Gasteiger partial charge < -0.3 is 9.47 Å². The fourth-order valence-corrected chi connectivity index (χ4v) is 4.26. The van der Waals surface area contributed by atoms with Gasteiger partial charge in [0.25, 0.3) is 0 Å². The van der Waals surface area contributed by atoms with Gasteiger partial charge in [0.15, 0.2) is 0 Å². The van der Waals surface area contributed by atoms with Gasteiger partial charge in [-0.05, 0) is 51.4 Å². The molecule has 0 aromatic carbocycles. The predicted octanol–water partition coefficient (Wildman–Crippen LogP) is 9.25. The maximum Gasteiger partial charge on any atom is 0.331 e. The van der Waals surface area contributed by atoms with Crippen molar-refractivity contribution < 1.29 is 19.1 Å². The summed E-state index contributed by atoms with van der Waals surface area (Å²) in [5.41, 5.74) is 0. The van der Waals surface area contributed by atoms with Crippen molar-refractivity contribution in [1.29, 1.82) is 0 Å². The Morgan fingerprint density at radius 2 is 0.735 bits per heavy atom. The Balaban J connectivity index is 4.57. The maximum absolute atomic E-state index is 12.4. The first-order valence-electron chi connectivity index (χ1n) is 14.7. The molecular weight excluding hydrogens is 424 g/mol. The molecule has 0 bridgehead atoms. The Hall–Kier alpha value is -1.32. The molecule has 0 aliphatic rings. The van der Waals surface area contributed by atoms with Gasteiger partial charge in [-0.15, -0.1) is 0 Å². The van der Waals surface area contributed by atoms with E-state index in [9.17, 15) is 9.59 Å². The molecule has 0 aliphatic carbocycles. The summed E-state index contributed by atoms with van der Waals surface area (Å²) in [5.74, 6) is -0.844. The monoisotopic (exact) mass is 480 g/mol. The number of ether oxygens (including phenoxy) is 2. The van der Waals surface area contributed by atoms with Crippen molar-refractivity contribution in [3.63, 3.8) is 0 Å². The van der Waals surface area contributed by atoms with E-state index in [4.69, 9.17) is 9.47 Å². The van der Waals surface area contributed by atoms with Crippen LogP contribution in [0, 0.1) is 0 Å². The van der Waals surface area contributed by atoms with Crippen LogP contribution in [0.2, 0.25) is 0 Å². The van der Waals surface area contributed by atoms with E-state index >= 15 is 0 Å². The fourth-order valence-electron chi connectivity index (χ4n) is 4.26. The molecule has 0 amide bonds. The highest BCUT2D eigenvalue weighted by Crippen LogP contribution is 2.17. The van der Waals surface area contributed by atoms with Crippen molar-refractivity contribution in [2.24, 2.45) is 0 Å². The lowest BCUT2D eigenvalue weighted by Crippen LogP contribution is -2.19. The lowest BCUT2D eigenvalue weighted by Gasteiger charge is -2.18. The van der Waals surface area contributed by atoms with Crippen LogP contribution in [-0.2, 0) is 19.1 Å². The SMILES string of the molecule is CCCCCCCC(CCCCC)OC(=O)/C=C/C(=O)OC(CCCCC)CCCCCCC. The van der Waals surface area contributed by atoms with Gasteiger partial charge in [-0.3, -0.25) is 0 Å². The van der Waals surface area contributed by atoms with Gasteiger partial charge in [0.05, 0.1) is 0 Å². The average molecular weight is 481 g/mol. The summed E-state index contributed by atoms with van der Waals surface area (Å²) in [6, 6.07) is 0. The zero-order valence-electron chi connectivity index (χ0n) is 23.1. The summed E-state index contributed by atoms with van der Waals surface area (Å²) in [6.45, 7) is 8.79. The van der Waals surface area contributed by atoms with Crippen molar-refractivity contribution in [3.8, 4) is 0 Å². The van der Waals surface area contributed by atoms with E-state index in [0.29, 0.717) is 0 Å². The predicted molar refractivity (Wildman–Crippen MR) is 144 cm³/mol. The van der Waals surface area contributed by atoms with Crippen LogP contribution in [-0.4, -0.2) is 24.1 Å². The van der Waals surface area contributed by atoms with Crippen LogP contribution in [0.25, 0.3) is 0 Å². The van der Waals surface area contributed by atoms with Gasteiger partial charge in [0, 0.05) is 12.2 Å². The minimum absolute atomic E-state index is 0.0498. The summed E-state index contributed by atoms with van der Waals surface area (Å²) in [6.07, 6.45) is 24.9. The molecule has 2 unspecified atom stereocenters. The van der Waals surface area contributed by atoms with Crippen molar-refractivity contribution in [1.82, 2.24) is 0 Å². The molecule has 4 nitrogen and oxygen atoms in total. The fraction of sp³-hybridized carbons (Fsp3) is 0.867. The Morgan fingerprint density at radius 1 is 0.471 bits per heavy atom. The van der Waals surface area contributed by atoms with Crippen LogP contribution in [0.4, 0.5) is 0 Å². The number of carbonyl (C=O) groups excluding carboxylic acids is 2. The molecule has 0 saturated heterocycles. The Bertz CT molecular complexity index is 456. The van der Waals surface area contributed by atoms with Crippen molar-refractivity contribution in [3.05, 3.63) is 12.2 Å². The Kier molecular flexibility index (Phi) is 23.8. The zero-order chi connectivity index (χ0) is 25.3. The standard InChI is InChI=1S/C30H56O4/c1-5-9-13-15-19-23-27(21-17-11-7-3)33-29(31)25-26-30(32)34-28(22-18-12-8-4)24-20-16-14-10-6-2/h25-28H,5-24H2,1-4H3/b26-25+. The van der Waals surface area contributed by atoms with E-state index in [1.807, 2.05) is 0 Å². The number of hydrogen-bond acceptors (Lipinski definition) is 4. The lowest BCUT2D eigenvalue weighted by molar-refractivity contribution is -0.146. The number of rotatable bonds is 24. The number of carbonyl (C=O) groups is 2. The van der Waals surface area contributed by atoms with Crippen LogP contribution in [0.5, 0.6) is 0 Å². The van der Waals surface area contributed by atoms with E-state index < -0.39 is 11.9 Å². The molecule has 200 valence electrons. The molecule has 0 aromatic rings. The van der Waals surface area contributed by atoms with Crippen molar-refractivity contribution >= 4 is 11.9 Å². The van der Waals surface area contributed by atoms with Crippen molar-refractivity contribution in [2.45, 2.75) is 168 Å². The van der Waals surface area contributed by atoms with E-state index in [2.05, 4.69) is 27.7 Å². The molecule has 0 aromatic heterocycles. The first-order valence-corrected chi connectivity index (χ1v) is 14.7. The van der Waals surface area contributed by atoms with Gasteiger partial charge in [0.2, 0.25) is 0 Å². The minimum Gasteiger partial charge on any atom is -0.459 e. The summed E-state index contributed by atoms with van der Waals surface area (Å²) in [4.78, 5) is 24.8. The number of unbranched alkanes of at least 4 members (excludes halogenated alkanes) is 12. The largest absolute Gasteiger partial charge is 0.459 e. The Labute approximate surface area is 211 Å². The molecule has 0 heterocycles. The third-order valence-electron chi connectivity index (χ3n) is 6.44. The molecule has 0 saturated carbocycles. The lowest BCUT2D eigenvalue weighted by atomic mass is 10.0. The molecule has 0 radical (unpaired) electrons. The molecule has 0 rings (SSSR count). The van der Waals surface area contributed by atoms with Gasteiger partial charge in [-0.2, -0.15) is 0 Å². The summed E-state index contributed by atoms with van der Waals surface area (Å²) >= 11 is 0. The normalized spacial score (nSPS) is 13.2. The first kappa shape index (κ1) is 32.7. The zero-order valence-corrected chi connectivity index (χ0v) is 23.1. The van der Waals surface area contributed by atoms with Gasteiger partial charge in [0.1, 0.15) is 12.2 Å². The molecule has 4 heteroatoms. The van der Waals surface area contributed by atoms with Gasteiger partial charge >= 0.3 is 11.9 Å². The summed E-state index contributed by atoms with van der Waals surface area (Å²) < 4.78 is 11.4. The van der Waals surface area contributed by atoms with Crippen molar-refractivity contribution in [2.75, 3.05) is 0 Å². The maximum atomic E-state index is 12.4. The van der Waals surface area contributed by atoms with Crippen LogP contribution >= 0.6 is 0 Å². The third-order valence-corrected chi connectivity index (χ3v) is 6.44. The first-order chi connectivity index (χ1) is 16.6. The molecule has 34 heavy (non-hydrogen) atoms. The van der Waals surface area contributed by atoms with Crippen LogP contribution in [0.15, 0.2) is 12.2 Å². The number of hydrogen-bond donors (Lipinski definition) is 0. The smallest absolute Gasteiger partial charge is 0.331 e. The molecule has 0 N–H and O–H groups in total. The molecular formula is C30H56O4. The highest BCUT2D eigenvalue weighted by atomic mass is 16.5. The van der Waals surface area contributed by atoms with E-state index in [0.717, 1.165) is 77.0 Å². The summed E-state index contributed by atoms with van der Waals surface area (Å²) in [5, 5.41) is 0. The quantitative estimate of drug-likeness (QED) is 0.0784. The molecule has 0 spiro atoms. The van der Waals surface area contributed by atoms with E-state index in [-0.39, 0.29) is 12.2 Å². The van der Waals surface area contributed by atoms with Crippen LogP contribution in [0.3, 0.4) is 0 Å². The van der Waals surface area contributed by atoms with Crippen LogP contribution < -0.4 is 0 Å². The second kappa shape index (κ2) is 24.8. The highest BCUT2D eigenvalue weighted by molar-refractivity contribution is 5.91. The molecule has 0 aliphatic heterocycles. The second-order valence-electron chi connectivity index (χ2n) is 9.85.